The van der Waals surface area contributed by atoms with Gasteiger partial charge in [-0.05, 0) is 103 Å². The van der Waals surface area contributed by atoms with Crippen LogP contribution in [0.1, 0.15) is 22.3 Å². The SMILES string of the molecule is c1ccc(-c2cc3c4ccc(N(c5ccc6c(c5)C5(c7ccccc7-c7ccccc75)c5ccccc5-6)c5cccc6ccccc56)cc4oc3c3ccccc23)cc1. The number of anilines is 3. The van der Waals surface area contributed by atoms with Crippen LogP contribution in [0.2, 0.25) is 0 Å². The molecule has 10 aromatic carbocycles. The summed E-state index contributed by atoms with van der Waals surface area (Å²) in [5.41, 5.74) is 17.5. The van der Waals surface area contributed by atoms with Gasteiger partial charge in [-0.15, -0.1) is 0 Å². The highest BCUT2D eigenvalue weighted by Crippen LogP contribution is 2.63. The first-order valence-corrected chi connectivity index (χ1v) is 20.4. The minimum atomic E-state index is -0.445. The van der Waals surface area contributed by atoms with Crippen LogP contribution in [0.25, 0.3) is 76.9 Å². The number of hydrogen-bond acceptors (Lipinski definition) is 2. The molecule has 0 saturated heterocycles. The zero-order chi connectivity index (χ0) is 38.7. The Labute approximate surface area is 341 Å². The highest BCUT2D eigenvalue weighted by atomic mass is 16.3. The van der Waals surface area contributed by atoms with E-state index >= 15 is 0 Å². The second kappa shape index (κ2) is 12.2. The summed E-state index contributed by atoms with van der Waals surface area (Å²) in [6.07, 6.45) is 0. The van der Waals surface area contributed by atoms with Crippen LogP contribution in [0.4, 0.5) is 17.1 Å². The molecule has 0 fully saturated rings. The van der Waals surface area contributed by atoms with Gasteiger partial charge in [0, 0.05) is 39.0 Å². The van der Waals surface area contributed by atoms with Crippen molar-refractivity contribution in [3.05, 3.63) is 235 Å². The van der Waals surface area contributed by atoms with E-state index in [9.17, 15) is 0 Å². The van der Waals surface area contributed by atoms with Gasteiger partial charge in [0.15, 0.2) is 0 Å². The van der Waals surface area contributed by atoms with Crippen LogP contribution < -0.4 is 4.90 Å². The zero-order valence-electron chi connectivity index (χ0n) is 32.1. The second-order valence-corrected chi connectivity index (χ2v) is 15.9. The molecule has 274 valence electrons. The average molecular weight is 750 g/mol. The van der Waals surface area contributed by atoms with E-state index in [0.29, 0.717) is 0 Å². The van der Waals surface area contributed by atoms with Crippen molar-refractivity contribution in [3.8, 4) is 33.4 Å². The summed E-state index contributed by atoms with van der Waals surface area (Å²) in [7, 11) is 0. The summed E-state index contributed by atoms with van der Waals surface area (Å²) in [4.78, 5) is 2.44. The Hall–Kier alpha value is -7.68. The molecule has 2 aliphatic carbocycles. The Morgan fingerprint density at radius 2 is 0.898 bits per heavy atom. The normalized spacial score (nSPS) is 13.2. The lowest BCUT2D eigenvalue weighted by Crippen LogP contribution is -2.26. The van der Waals surface area contributed by atoms with Crippen molar-refractivity contribution in [1.29, 1.82) is 0 Å². The molecule has 0 aliphatic heterocycles. The van der Waals surface area contributed by atoms with Gasteiger partial charge in [-0.25, -0.2) is 0 Å². The van der Waals surface area contributed by atoms with E-state index in [2.05, 4.69) is 217 Å². The molecule has 2 nitrogen and oxygen atoms in total. The average Bonchev–Trinajstić information content (AvgIpc) is 3.93. The van der Waals surface area contributed by atoms with E-state index in [1.807, 2.05) is 0 Å². The first-order chi connectivity index (χ1) is 29.3. The van der Waals surface area contributed by atoms with E-state index in [4.69, 9.17) is 4.42 Å². The van der Waals surface area contributed by atoms with Crippen molar-refractivity contribution in [2.45, 2.75) is 5.41 Å². The van der Waals surface area contributed by atoms with Crippen molar-refractivity contribution >= 4 is 60.5 Å². The lowest BCUT2D eigenvalue weighted by molar-refractivity contribution is 0.673. The molecular weight excluding hydrogens is 715 g/mol. The topological polar surface area (TPSA) is 16.4 Å². The summed E-state index contributed by atoms with van der Waals surface area (Å²) in [5.74, 6) is 0. The fraction of sp³-hybridized carbons (Fsp3) is 0.0175. The Morgan fingerprint density at radius 3 is 1.63 bits per heavy atom. The number of nitrogens with zero attached hydrogens (tertiary/aromatic N) is 1. The molecule has 2 aliphatic rings. The van der Waals surface area contributed by atoms with Gasteiger partial charge in [-0.2, -0.15) is 0 Å². The molecule has 0 amide bonds. The maximum atomic E-state index is 6.95. The molecule has 0 atom stereocenters. The van der Waals surface area contributed by atoms with Gasteiger partial charge in [0.25, 0.3) is 0 Å². The third-order valence-electron chi connectivity index (χ3n) is 13.1. The van der Waals surface area contributed by atoms with Crippen molar-refractivity contribution < 1.29 is 4.42 Å². The predicted octanol–water partition coefficient (Wildman–Crippen LogP) is 15.4. The van der Waals surface area contributed by atoms with E-state index < -0.39 is 5.41 Å². The van der Waals surface area contributed by atoms with Gasteiger partial charge in [-0.1, -0.05) is 170 Å². The fourth-order valence-corrected chi connectivity index (χ4v) is 10.6. The van der Waals surface area contributed by atoms with Gasteiger partial charge < -0.3 is 9.32 Å². The number of hydrogen-bond donors (Lipinski definition) is 0. The fourth-order valence-electron chi connectivity index (χ4n) is 10.6. The van der Waals surface area contributed by atoms with Crippen molar-refractivity contribution in [1.82, 2.24) is 0 Å². The minimum absolute atomic E-state index is 0.445. The molecule has 0 N–H and O–H groups in total. The van der Waals surface area contributed by atoms with Crippen LogP contribution in [0, 0.1) is 0 Å². The van der Waals surface area contributed by atoms with Gasteiger partial charge in [-0.3, -0.25) is 0 Å². The van der Waals surface area contributed by atoms with Crippen LogP contribution in [0.3, 0.4) is 0 Å². The van der Waals surface area contributed by atoms with Crippen molar-refractivity contribution in [2.24, 2.45) is 0 Å². The van der Waals surface area contributed by atoms with E-state index in [-0.39, 0.29) is 0 Å². The predicted molar refractivity (Wildman–Crippen MR) is 245 cm³/mol. The monoisotopic (exact) mass is 749 g/mol. The highest BCUT2D eigenvalue weighted by molar-refractivity contribution is 6.19. The first kappa shape index (κ1) is 32.4. The lowest BCUT2D eigenvalue weighted by atomic mass is 9.70. The summed E-state index contributed by atoms with van der Waals surface area (Å²) in [6.45, 7) is 0. The highest BCUT2D eigenvalue weighted by Gasteiger charge is 2.51. The quantitative estimate of drug-likeness (QED) is 0.178. The molecule has 0 radical (unpaired) electrons. The Balaban J connectivity index is 1.08. The molecule has 1 aromatic heterocycles. The molecule has 2 heteroatoms. The van der Waals surface area contributed by atoms with E-state index in [0.717, 1.165) is 44.4 Å². The van der Waals surface area contributed by atoms with Crippen LogP contribution in [-0.2, 0) is 5.41 Å². The van der Waals surface area contributed by atoms with Gasteiger partial charge >= 0.3 is 0 Å². The summed E-state index contributed by atoms with van der Waals surface area (Å²) < 4.78 is 6.95. The third kappa shape index (κ3) is 4.40. The van der Waals surface area contributed by atoms with Gasteiger partial charge in [0.05, 0.1) is 11.1 Å². The maximum absolute atomic E-state index is 6.95. The lowest BCUT2D eigenvalue weighted by Gasteiger charge is -2.32. The minimum Gasteiger partial charge on any atom is -0.455 e. The summed E-state index contributed by atoms with van der Waals surface area (Å²) >= 11 is 0. The molecule has 0 unspecified atom stereocenters. The van der Waals surface area contributed by atoms with E-state index in [1.165, 1.54) is 71.8 Å². The zero-order valence-corrected chi connectivity index (χ0v) is 32.1. The number of rotatable bonds is 4. The van der Waals surface area contributed by atoms with Crippen LogP contribution in [0.15, 0.2) is 217 Å². The molecule has 0 bridgehead atoms. The molecule has 1 heterocycles. The third-order valence-corrected chi connectivity index (χ3v) is 13.1. The Kier molecular flexibility index (Phi) is 6.68. The first-order valence-electron chi connectivity index (χ1n) is 20.4. The molecule has 0 saturated carbocycles. The van der Waals surface area contributed by atoms with Gasteiger partial charge in [0.1, 0.15) is 11.2 Å². The maximum Gasteiger partial charge on any atom is 0.143 e. The van der Waals surface area contributed by atoms with Crippen molar-refractivity contribution in [3.63, 3.8) is 0 Å². The molecule has 11 aromatic rings. The van der Waals surface area contributed by atoms with Crippen LogP contribution >= 0.6 is 0 Å². The Morgan fingerprint density at radius 1 is 0.339 bits per heavy atom. The summed E-state index contributed by atoms with van der Waals surface area (Å²) in [6, 6.07) is 77.9. The number of fused-ring (bicyclic) bond motifs is 16. The number of furan rings is 1. The smallest absolute Gasteiger partial charge is 0.143 e. The molecule has 1 spiro atoms. The summed E-state index contributed by atoms with van der Waals surface area (Å²) in [5, 5.41) is 6.92. The van der Waals surface area contributed by atoms with Crippen molar-refractivity contribution in [2.75, 3.05) is 4.90 Å². The molecular formula is C57H35NO. The van der Waals surface area contributed by atoms with Crippen LogP contribution in [0.5, 0.6) is 0 Å². The second-order valence-electron chi connectivity index (χ2n) is 15.9. The molecule has 59 heavy (non-hydrogen) atoms. The Bertz CT molecular complexity index is 3450. The van der Waals surface area contributed by atoms with Crippen LogP contribution in [-0.4, -0.2) is 0 Å². The van der Waals surface area contributed by atoms with Gasteiger partial charge in [0.2, 0.25) is 0 Å². The molecule has 13 rings (SSSR count). The van der Waals surface area contributed by atoms with E-state index in [1.54, 1.807) is 0 Å². The largest absolute Gasteiger partial charge is 0.455 e. The standard InChI is InChI=1S/C57H35NO/c1-2-15-37(16-3-1)48-35-49-46-32-30-39(34-55(46)59-56(49)47-24-7-6-20-41(47)48)58(54-28-14-18-36-17-4-5-19-40(36)54)38-29-31-45-44-23-10-13-27-52(44)57(53(45)33-38)50-25-11-8-21-42(50)43-22-9-12-26-51(43)57/h1-35H. The number of benzene rings is 10.